The third-order valence-electron chi connectivity index (χ3n) is 3.85. The van der Waals surface area contributed by atoms with Crippen LogP contribution in [-0.4, -0.2) is 30.4 Å². The third-order valence-corrected chi connectivity index (χ3v) is 3.85. The molecule has 0 unspecified atom stereocenters. The Morgan fingerprint density at radius 2 is 1.85 bits per heavy atom. The van der Waals surface area contributed by atoms with Gasteiger partial charge in [-0.25, -0.2) is 0 Å². The molecule has 0 aliphatic heterocycles. The van der Waals surface area contributed by atoms with Crippen LogP contribution in [0.25, 0.3) is 0 Å². The van der Waals surface area contributed by atoms with Gasteiger partial charge in [0.25, 0.3) is 0 Å². The van der Waals surface area contributed by atoms with Gasteiger partial charge in [-0.15, -0.1) is 0 Å². The van der Waals surface area contributed by atoms with Crippen LogP contribution in [0.1, 0.15) is 43.4 Å². The van der Waals surface area contributed by atoms with Crippen molar-refractivity contribution in [2.45, 2.75) is 59.6 Å². The Kier molecular flexibility index (Phi) is 7.03. The lowest BCUT2D eigenvalue weighted by Crippen LogP contribution is -2.91. The summed E-state index contributed by atoms with van der Waals surface area (Å²) < 4.78 is 5.83. The molecule has 0 heterocycles. The first-order valence-corrected chi connectivity index (χ1v) is 7.66. The maximum Gasteiger partial charge on any atom is 0.137 e. The molecule has 0 saturated heterocycles. The van der Waals surface area contributed by atoms with E-state index in [1.54, 1.807) is 0 Å². The van der Waals surface area contributed by atoms with E-state index in [1.807, 2.05) is 6.92 Å². The van der Waals surface area contributed by atoms with Gasteiger partial charge in [0.15, 0.2) is 0 Å². The topological polar surface area (TPSA) is 46.1 Å². The molecule has 1 aromatic rings. The summed E-state index contributed by atoms with van der Waals surface area (Å²) in [7, 11) is 0. The molecule has 3 nitrogen and oxygen atoms in total. The van der Waals surface area contributed by atoms with Gasteiger partial charge in [-0.3, -0.25) is 0 Å². The normalized spacial score (nSPS) is 14.1. The summed E-state index contributed by atoms with van der Waals surface area (Å²) in [6, 6.07) is 4.74. The molecule has 3 N–H and O–H groups in total. The Morgan fingerprint density at radius 1 is 1.20 bits per heavy atom. The van der Waals surface area contributed by atoms with Crippen LogP contribution in [0.15, 0.2) is 12.1 Å². The Morgan fingerprint density at radius 3 is 2.50 bits per heavy atom. The van der Waals surface area contributed by atoms with Gasteiger partial charge in [0, 0.05) is 0 Å². The number of rotatable bonds is 8. The number of ether oxygens (including phenoxy) is 1. The SMILES string of the molecule is CCC[C@@H](C)[NH2+]C[C@H](O)COc1c(C)ccc(C)c1C. The molecule has 3 heteroatoms. The lowest BCUT2D eigenvalue weighted by molar-refractivity contribution is -0.692. The second kappa shape index (κ2) is 8.28. The molecule has 0 radical (unpaired) electrons. The van der Waals surface area contributed by atoms with Crippen molar-refractivity contribution in [3.8, 4) is 5.75 Å². The Balaban J connectivity index is 2.45. The van der Waals surface area contributed by atoms with Gasteiger partial charge in [0.2, 0.25) is 0 Å². The molecule has 20 heavy (non-hydrogen) atoms. The van der Waals surface area contributed by atoms with Crippen LogP contribution < -0.4 is 10.1 Å². The molecule has 1 aromatic carbocycles. The fraction of sp³-hybridized carbons (Fsp3) is 0.647. The van der Waals surface area contributed by atoms with Crippen molar-refractivity contribution >= 4 is 0 Å². The number of benzene rings is 1. The molecule has 0 spiro atoms. The number of hydrogen-bond acceptors (Lipinski definition) is 2. The van der Waals surface area contributed by atoms with Crippen LogP contribution in [0.4, 0.5) is 0 Å². The number of hydrogen-bond donors (Lipinski definition) is 2. The second-order valence-electron chi connectivity index (χ2n) is 5.86. The number of nitrogens with two attached hydrogens (primary N) is 1. The first kappa shape index (κ1) is 17.0. The van der Waals surface area contributed by atoms with E-state index in [0.717, 1.165) is 11.3 Å². The van der Waals surface area contributed by atoms with E-state index in [1.165, 1.54) is 24.0 Å². The van der Waals surface area contributed by atoms with Crippen molar-refractivity contribution in [3.05, 3.63) is 28.8 Å². The molecule has 2 atom stereocenters. The maximum absolute atomic E-state index is 10.0. The average Bonchev–Trinajstić information content (AvgIpc) is 2.41. The molecule has 0 fully saturated rings. The standard InChI is InChI=1S/C17H29NO2/c1-6-7-14(4)18-10-16(19)11-20-17-13(3)9-8-12(2)15(17)5/h8-9,14,16,18-19H,6-7,10-11H2,1-5H3/p+1/t14-,16+/m1/s1. The number of aryl methyl sites for hydroxylation is 2. The lowest BCUT2D eigenvalue weighted by Gasteiger charge is -2.17. The van der Waals surface area contributed by atoms with E-state index in [9.17, 15) is 5.11 Å². The number of quaternary nitrogens is 1. The zero-order valence-corrected chi connectivity index (χ0v) is 13.6. The van der Waals surface area contributed by atoms with Gasteiger partial charge in [-0.1, -0.05) is 25.5 Å². The molecular weight excluding hydrogens is 250 g/mol. The molecule has 1 rings (SSSR count). The van der Waals surface area contributed by atoms with Crippen molar-refractivity contribution < 1.29 is 15.2 Å². The van der Waals surface area contributed by atoms with Gasteiger partial charge in [-0.05, 0) is 50.8 Å². The summed E-state index contributed by atoms with van der Waals surface area (Å²) in [6.45, 7) is 11.6. The minimum atomic E-state index is -0.423. The molecule has 0 saturated carbocycles. The van der Waals surface area contributed by atoms with Crippen molar-refractivity contribution in [2.75, 3.05) is 13.2 Å². The minimum absolute atomic E-state index is 0.362. The molecule has 0 amide bonds. The van der Waals surface area contributed by atoms with Gasteiger partial charge < -0.3 is 15.2 Å². The third kappa shape index (κ3) is 5.14. The lowest BCUT2D eigenvalue weighted by atomic mass is 10.1. The summed E-state index contributed by atoms with van der Waals surface area (Å²) in [6.07, 6.45) is 1.95. The van der Waals surface area contributed by atoms with Crippen LogP contribution >= 0.6 is 0 Å². The molecule has 0 aliphatic carbocycles. The summed E-state index contributed by atoms with van der Waals surface area (Å²) >= 11 is 0. The van der Waals surface area contributed by atoms with Crippen LogP contribution in [0, 0.1) is 20.8 Å². The van der Waals surface area contributed by atoms with Crippen molar-refractivity contribution in [2.24, 2.45) is 0 Å². The van der Waals surface area contributed by atoms with Gasteiger partial charge >= 0.3 is 0 Å². The predicted octanol–water partition coefficient (Wildman–Crippen LogP) is 2.10. The summed E-state index contributed by atoms with van der Waals surface area (Å²) in [4.78, 5) is 0. The molecule has 0 bridgehead atoms. The van der Waals surface area contributed by atoms with E-state index in [4.69, 9.17) is 4.74 Å². The van der Waals surface area contributed by atoms with Crippen molar-refractivity contribution in [1.29, 1.82) is 0 Å². The van der Waals surface area contributed by atoms with E-state index >= 15 is 0 Å². The zero-order valence-electron chi connectivity index (χ0n) is 13.6. The van der Waals surface area contributed by atoms with Crippen molar-refractivity contribution in [3.63, 3.8) is 0 Å². The highest BCUT2D eigenvalue weighted by Gasteiger charge is 2.13. The quantitative estimate of drug-likeness (QED) is 0.766. The smallest absolute Gasteiger partial charge is 0.137 e. The average molecular weight is 280 g/mol. The van der Waals surface area contributed by atoms with Gasteiger partial charge in [-0.2, -0.15) is 0 Å². The highest BCUT2D eigenvalue weighted by Crippen LogP contribution is 2.25. The highest BCUT2D eigenvalue weighted by atomic mass is 16.5. The van der Waals surface area contributed by atoms with E-state index < -0.39 is 6.10 Å². The summed E-state index contributed by atoms with van der Waals surface area (Å²) in [5.74, 6) is 0.922. The monoisotopic (exact) mass is 280 g/mol. The van der Waals surface area contributed by atoms with Gasteiger partial charge in [0.05, 0.1) is 6.04 Å². The van der Waals surface area contributed by atoms with Crippen molar-refractivity contribution in [1.82, 2.24) is 0 Å². The fourth-order valence-electron chi connectivity index (χ4n) is 2.36. The highest BCUT2D eigenvalue weighted by molar-refractivity contribution is 5.44. The first-order chi connectivity index (χ1) is 9.45. The minimum Gasteiger partial charge on any atom is -0.490 e. The Bertz CT molecular complexity index is 418. The molecule has 0 aliphatic rings. The van der Waals surface area contributed by atoms with Crippen LogP contribution in [0.5, 0.6) is 5.75 Å². The fourth-order valence-corrected chi connectivity index (χ4v) is 2.36. The summed E-state index contributed by atoms with van der Waals surface area (Å²) in [5, 5.41) is 12.2. The Labute approximate surface area is 123 Å². The van der Waals surface area contributed by atoms with E-state index in [2.05, 4.69) is 45.1 Å². The first-order valence-electron chi connectivity index (χ1n) is 7.66. The number of aliphatic hydroxyl groups excluding tert-OH is 1. The largest absolute Gasteiger partial charge is 0.490 e. The molecule has 114 valence electrons. The Hall–Kier alpha value is -1.06. The predicted molar refractivity (Wildman–Crippen MR) is 83.3 cm³/mol. The van der Waals surface area contributed by atoms with Crippen LogP contribution in [0.3, 0.4) is 0 Å². The zero-order chi connectivity index (χ0) is 15.1. The van der Waals surface area contributed by atoms with Crippen LogP contribution in [0.2, 0.25) is 0 Å². The second-order valence-corrected chi connectivity index (χ2v) is 5.86. The van der Waals surface area contributed by atoms with Gasteiger partial charge in [0.1, 0.15) is 25.0 Å². The molecule has 0 aromatic heterocycles. The maximum atomic E-state index is 10.0. The number of aliphatic hydroxyl groups is 1. The van der Waals surface area contributed by atoms with Crippen LogP contribution in [-0.2, 0) is 0 Å². The summed E-state index contributed by atoms with van der Waals surface area (Å²) in [5.41, 5.74) is 3.52. The van der Waals surface area contributed by atoms with E-state index in [0.29, 0.717) is 19.2 Å². The van der Waals surface area contributed by atoms with E-state index in [-0.39, 0.29) is 0 Å². The molecular formula is C17H30NO2+.